The lowest BCUT2D eigenvalue weighted by Gasteiger charge is -2.28. The topological polar surface area (TPSA) is 41.6 Å². The molecule has 1 saturated heterocycles. The molecule has 1 amide bonds. The molecule has 3 rings (SSSR count). The molecule has 1 N–H and O–H groups in total. The Kier molecular flexibility index (Phi) is 6.92. The first-order valence-electron chi connectivity index (χ1n) is 9.16. The highest BCUT2D eigenvalue weighted by molar-refractivity contribution is 6.30. The first-order valence-corrected chi connectivity index (χ1v) is 9.54. The Morgan fingerprint density at radius 3 is 2.46 bits per heavy atom. The zero-order chi connectivity index (χ0) is 18.2. The smallest absolute Gasteiger partial charge is 0.223 e. The molecule has 1 unspecified atom stereocenters. The third kappa shape index (κ3) is 5.48. The summed E-state index contributed by atoms with van der Waals surface area (Å²) in [6, 6.07) is 17.8. The minimum Gasteiger partial charge on any atom is -0.493 e. The van der Waals surface area contributed by atoms with Gasteiger partial charge in [0.1, 0.15) is 5.75 Å². The largest absolute Gasteiger partial charge is 0.493 e. The van der Waals surface area contributed by atoms with Crippen LogP contribution in [0, 0.1) is 0 Å². The number of rotatable bonds is 8. The number of hydrogen-bond donors (Lipinski definition) is 1. The first-order chi connectivity index (χ1) is 12.7. The monoisotopic (exact) mass is 372 g/mol. The van der Waals surface area contributed by atoms with Crippen molar-refractivity contribution in [2.24, 2.45) is 0 Å². The highest BCUT2D eigenvalue weighted by Crippen LogP contribution is 2.24. The standard InChI is InChI=1S/C21H25ClN2O2/c22-18-8-10-19(11-9-18)26-15-12-21(25)23-16-20(24-13-4-5-14-24)17-6-2-1-3-7-17/h1-3,6-11,20H,4-5,12-16H2,(H,23,25). The van der Waals surface area contributed by atoms with E-state index in [2.05, 4.69) is 34.5 Å². The average Bonchev–Trinajstić information content (AvgIpc) is 3.19. The van der Waals surface area contributed by atoms with Crippen LogP contribution >= 0.6 is 11.6 Å². The molecule has 4 nitrogen and oxygen atoms in total. The third-order valence-electron chi connectivity index (χ3n) is 4.67. The lowest BCUT2D eigenvalue weighted by molar-refractivity contribution is -0.121. The fraction of sp³-hybridized carbons (Fsp3) is 0.381. The number of hydrogen-bond acceptors (Lipinski definition) is 3. The second-order valence-corrected chi connectivity index (χ2v) is 6.96. The second kappa shape index (κ2) is 9.60. The summed E-state index contributed by atoms with van der Waals surface area (Å²) in [7, 11) is 0. The van der Waals surface area contributed by atoms with Gasteiger partial charge < -0.3 is 10.1 Å². The van der Waals surface area contributed by atoms with Crippen LogP contribution in [0.4, 0.5) is 0 Å². The van der Waals surface area contributed by atoms with Gasteiger partial charge in [-0.1, -0.05) is 41.9 Å². The molecule has 138 valence electrons. The SMILES string of the molecule is O=C(CCOc1ccc(Cl)cc1)NCC(c1ccccc1)N1CCCC1. The molecule has 1 atom stereocenters. The van der Waals surface area contributed by atoms with Gasteiger partial charge in [0.2, 0.25) is 5.91 Å². The van der Waals surface area contributed by atoms with Crippen LogP contribution in [0.15, 0.2) is 54.6 Å². The van der Waals surface area contributed by atoms with Crippen LogP contribution in [0.25, 0.3) is 0 Å². The maximum atomic E-state index is 12.2. The van der Waals surface area contributed by atoms with E-state index in [-0.39, 0.29) is 11.9 Å². The molecule has 0 saturated carbocycles. The summed E-state index contributed by atoms with van der Waals surface area (Å²) >= 11 is 5.85. The predicted octanol–water partition coefficient (Wildman–Crippen LogP) is 4.06. The number of carbonyl (C=O) groups is 1. The maximum Gasteiger partial charge on any atom is 0.223 e. The lowest BCUT2D eigenvalue weighted by atomic mass is 10.1. The van der Waals surface area contributed by atoms with Crippen LogP contribution < -0.4 is 10.1 Å². The molecule has 0 radical (unpaired) electrons. The Labute approximate surface area is 160 Å². The van der Waals surface area contributed by atoms with Gasteiger partial charge in [-0.3, -0.25) is 9.69 Å². The van der Waals surface area contributed by atoms with Crippen molar-refractivity contribution in [1.82, 2.24) is 10.2 Å². The van der Waals surface area contributed by atoms with E-state index in [9.17, 15) is 4.79 Å². The van der Waals surface area contributed by atoms with E-state index in [0.717, 1.165) is 18.8 Å². The fourth-order valence-electron chi connectivity index (χ4n) is 3.28. The zero-order valence-corrected chi connectivity index (χ0v) is 15.6. The maximum absolute atomic E-state index is 12.2. The number of nitrogens with zero attached hydrogens (tertiary/aromatic N) is 1. The van der Waals surface area contributed by atoms with Gasteiger partial charge in [0.25, 0.3) is 0 Å². The number of likely N-dealkylation sites (tertiary alicyclic amines) is 1. The number of carbonyl (C=O) groups excluding carboxylic acids is 1. The van der Waals surface area contributed by atoms with Crippen LogP contribution in [0.1, 0.15) is 30.9 Å². The van der Waals surface area contributed by atoms with Crippen molar-refractivity contribution in [2.45, 2.75) is 25.3 Å². The van der Waals surface area contributed by atoms with Crippen LogP contribution in [0.2, 0.25) is 5.02 Å². The molecule has 0 bridgehead atoms. The van der Waals surface area contributed by atoms with Crippen molar-refractivity contribution in [3.63, 3.8) is 0 Å². The summed E-state index contributed by atoms with van der Waals surface area (Å²) in [5, 5.41) is 3.74. The number of ether oxygens (including phenoxy) is 1. The predicted molar refractivity (Wildman–Crippen MR) is 105 cm³/mol. The summed E-state index contributed by atoms with van der Waals surface area (Å²) < 4.78 is 5.59. The number of benzene rings is 2. The molecule has 26 heavy (non-hydrogen) atoms. The van der Waals surface area contributed by atoms with Gasteiger partial charge in [-0.25, -0.2) is 0 Å². The van der Waals surface area contributed by atoms with Gasteiger partial charge in [-0.2, -0.15) is 0 Å². The summed E-state index contributed by atoms with van der Waals surface area (Å²) in [6.45, 7) is 3.17. The van der Waals surface area contributed by atoms with Crippen LogP contribution in [-0.2, 0) is 4.79 Å². The Hall–Kier alpha value is -2.04. The Balaban J connectivity index is 1.47. The average molecular weight is 373 g/mol. The number of halogens is 1. The Morgan fingerprint density at radius 2 is 1.77 bits per heavy atom. The minimum atomic E-state index is 0.0130. The van der Waals surface area contributed by atoms with E-state index >= 15 is 0 Å². The van der Waals surface area contributed by atoms with Gasteiger partial charge in [-0.05, 0) is 55.8 Å². The van der Waals surface area contributed by atoms with Gasteiger partial charge in [0, 0.05) is 11.6 Å². The first kappa shape index (κ1) is 18.7. The fourth-order valence-corrected chi connectivity index (χ4v) is 3.40. The molecule has 0 aromatic heterocycles. The second-order valence-electron chi connectivity index (χ2n) is 6.53. The summed E-state index contributed by atoms with van der Waals surface area (Å²) in [6.07, 6.45) is 2.79. The quantitative estimate of drug-likeness (QED) is 0.759. The number of amides is 1. The molecule has 2 aromatic rings. The molecule has 0 aliphatic carbocycles. The van der Waals surface area contributed by atoms with E-state index in [1.165, 1.54) is 18.4 Å². The normalized spacial score (nSPS) is 15.6. The minimum absolute atomic E-state index is 0.0130. The molecular formula is C21H25ClN2O2. The van der Waals surface area contributed by atoms with Crippen LogP contribution in [0.3, 0.4) is 0 Å². The highest BCUT2D eigenvalue weighted by atomic mass is 35.5. The highest BCUT2D eigenvalue weighted by Gasteiger charge is 2.23. The molecular weight excluding hydrogens is 348 g/mol. The summed E-state index contributed by atoms with van der Waals surface area (Å²) in [4.78, 5) is 14.7. The van der Waals surface area contributed by atoms with Crippen molar-refractivity contribution < 1.29 is 9.53 Å². The van der Waals surface area contributed by atoms with Crippen molar-refractivity contribution in [3.8, 4) is 5.75 Å². The molecule has 1 aliphatic rings. The van der Waals surface area contributed by atoms with Crippen LogP contribution in [-0.4, -0.2) is 37.0 Å². The van der Waals surface area contributed by atoms with E-state index in [1.54, 1.807) is 24.3 Å². The lowest BCUT2D eigenvalue weighted by Crippen LogP contribution is -2.37. The van der Waals surface area contributed by atoms with Crippen molar-refractivity contribution in [2.75, 3.05) is 26.2 Å². The third-order valence-corrected chi connectivity index (χ3v) is 4.92. The zero-order valence-electron chi connectivity index (χ0n) is 14.9. The van der Waals surface area contributed by atoms with Gasteiger partial charge >= 0.3 is 0 Å². The summed E-state index contributed by atoms with van der Waals surface area (Å²) in [5.74, 6) is 0.737. The van der Waals surface area contributed by atoms with Crippen molar-refractivity contribution >= 4 is 17.5 Å². The number of nitrogens with one attached hydrogen (secondary N) is 1. The van der Waals surface area contributed by atoms with E-state index in [1.807, 2.05) is 6.07 Å². The Bertz CT molecular complexity index is 685. The van der Waals surface area contributed by atoms with Gasteiger partial charge in [-0.15, -0.1) is 0 Å². The molecule has 2 aromatic carbocycles. The van der Waals surface area contributed by atoms with Gasteiger partial charge in [0.15, 0.2) is 0 Å². The Morgan fingerprint density at radius 1 is 1.08 bits per heavy atom. The molecule has 1 aliphatic heterocycles. The van der Waals surface area contributed by atoms with Crippen molar-refractivity contribution in [1.29, 1.82) is 0 Å². The van der Waals surface area contributed by atoms with E-state index < -0.39 is 0 Å². The molecule has 0 spiro atoms. The van der Waals surface area contributed by atoms with Crippen molar-refractivity contribution in [3.05, 3.63) is 65.2 Å². The van der Waals surface area contributed by atoms with Crippen LogP contribution in [0.5, 0.6) is 5.75 Å². The molecule has 5 heteroatoms. The molecule has 1 heterocycles. The molecule has 1 fully saturated rings. The van der Waals surface area contributed by atoms with E-state index in [4.69, 9.17) is 16.3 Å². The van der Waals surface area contributed by atoms with Gasteiger partial charge in [0.05, 0.1) is 19.1 Å². The van der Waals surface area contributed by atoms with E-state index in [0.29, 0.717) is 24.6 Å². The summed E-state index contributed by atoms with van der Waals surface area (Å²) in [5.41, 5.74) is 1.26.